The highest BCUT2D eigenvalue weighted by Gasteiger charge is 2.24. The zero-order chi connectivity index (χ0) is 36.0. The van der Waals surface area contributed by atoms with Crippen molar-refractivity contribution in [3.63, 3.8) is 0 Å². The molecule has 0 amide bonds. The summed E-state index contributed by atoms with van der Waals surface area (Å²) in [6.07, 6.45) is 30.0. The van der Waals surface area contributed by atoms with Gasteiger partial charge in [-0.05, 0) is 86.5 Å². The van der Waals surface area contributed by atoms with Crippen LogP contribution in [0.3, 0.4) is 0 Å². The van der Waals surface area contributed by atoms with Crippen LogP contribution in [0.5, 0.6) is 0 Å². The molecule has 5 aromatic carbocycles. The van der Waals surface area contributed by atoms with Gasteiger partial charge in [0.05, 0.1) is 0 Å². The summed E-state index contributed by atoms with van der Waals surface area (Å²) in [6.45, 7) is 4.58. The van der Waals surface area contributed by atoms with Gasteiger partial charge >= 0.3 is 0 Å². The first-order valence-electron chi connectivity index (χ1n) is 18.8. The molecule has 2 heterocycles. The van der Waals surface area contributed by atoms with Gasteiger partial charge in [0.25, 0.3) is 0 Å². The van der Waals surface area contributed by atoms with Crippen LogP contribution in [0.4, 0.5) is 0 Å². The molecule has 0 radical (unpaired) electrons. The number of hydrogen-bond acceptors (Lipinski definition) is 2. The first-order valence-corrected chi connectivity index (χ1v) is 19.6. The Kier molecular flexibility index (Phi) is 8.19. The van der Waals surface area contributed by atoms with Crippen LogP contribution in [0, 0.1) is 17.8 Å². The van der Waals surface area contributed by atoms with Gasteiger partial charge in [-0.1, -0.05) is 164 Å². The molecule has 54 heavy (non-hydrogen) atoms. The Morgan fingerprint density at radius 1 is 0.704 bits per heavy atom. The van der Waals surface area contributed by atoms with E-state index in [1.807, 2.05) is 11.3 Å². The third-order valence-electron chi connectivity index (χ3n) is 11.1. The van der Waals surface area contributed by atoms with Crippen LogP contribution >= 0.6 is 11.3 Å². The van der Waals surface area contributed by atoms with Crippen LogP contribution in [0.2, 0.25) is 0 Å². The first-order chi connectivity index (χ1) is 26.7. The van der Waals surface area contributed by atoms with Crippen molar-refractivity contribution in [1.29, 1.82) is 0 Å². The van der Waals surface area contributed by atoms with Crippen molar-refractivity contribution in [3.8, 4) is 0 Å². The van der Waals surface area contributed by atoms with Crippen molar-refractivity contribution in [2.75, 3.05) is 0 Å². The second-order valence-electron chi connectivity index (χ2n) is 14.4. The van der Waals surface area contributed by atoms with Crippen LogP contribution in [0.15, 0.2) is 187 Å². The maximum Gasteiger partial charge on any atom is 0.136 e. The van der Waals surface area contributed by atoms with Crippen LogP contribution in [0.25, 0.3) is 76.0 Å². The molecular formula is C52H38OS. The molecule has 0 fully saturated rings. The molecule has 3 atom stereocenters. The minimum Gasteiger partial charge on any atom is -0.456 e. The largest absolute Gasteiger partial charge is 0.456 e. The summed E-state index contributed by atoms with van der Waals surface area (Å²) in [7, 11) is 0. The molecular weight excluding hydrogens is 673 g/mol. The van der Waals surface area contributed by atoms with E-state index in [4.69, 9.17) is 4.42 Å². The summed E-state index contributed by atoms with van der Waals surface area (Å²) < 4.78 is 9.07. The van der Waals surface area contributed by atoms with Gasteiger partial charge in [-0.2, -0.15) is 0 Å². The average molecular weight is 711 g/mol. The van der Waals surface area contributed by atoms with Crippen molar-refractivity contribution < 1.29 is 4.42 Å². The predicted octanol–water partition coefficient (Wildman–Crippen LogP) is 12.9. The van der Waals surface area contributed by atoms with Crippen LogP contribution in [-0.2, 0) is 0 Å². The van der Waals surface area contributed by atoms with E-state index in [1.54, 1.807) is 0 Å². The number of fused-ring (bicyclic) bond motifs is 10. The smallest absolute Gasteiger partial charge is 0.136 e. The van der Waals surface area contributed by atoms with Crippen LogP contribution in [-0.4, -0.2) is 0 Å². The van der Waals surface area contributed by atoms with E-state index in [1.165, 1.54) is 63.5 Å². The zero-order valence-corrected chi connectivity index (χ0v) is 30.7. The molecule has 0 saturated heterocycles. The lowest BCUT2D eigenvalue weighted by Gasteiger charge is -2.27. The number of hydrogen-bond donors (Lipinski definition) is 0. The van der Waals surface area contributed by atoms with Gasteiger partial charge < -0.3 is 4.42 Å². The number of allylic oxidation sites excluding steroid dienone is 13. The highest BCUT2D eigenvalue weighted by molar-refractivity contribution is 7.25. The highest BCUT2D eigenvalue weighted by atomic mass is 32.1. The van der Waals surface area contributed by atoms with Crippen molar-refractivity contribution in [1.82, 2.24) is 0 Å². The van der Waals surface area contributed by atoms with Crippen molar-refractivity contribution in [3.05, 3.63) is 204 Å². The fraction of sp³-hybridized carbons (Fsp3) is 0.0769. The van der Waals surface area contributed by atoms with E-state index < -0.39 is 0 Å². The number of furan rings is 1. The van der Waals surface area contributed by atoms with Gasteiger partial charge in [0.15, 0.2) is 0 Å². The lowest BCUT2D eigenvalue weighted by Crippen LogP contribution is -2.25. The monoisotopic (exact) mass is 710 g/mol. The Morgan fingerprint density at radius 2 is 1.50 bits per heavy atom. The Bertz CT molecular complexity index is 3060. The van der Waals surface area contributed by atoms with Crippen LogP contribution < -0.4 is 10.6 Å². The van der Waals surface area contributed by atoms with Gasteiger partial charge in [-0.3, -0.25) is 0 Å². The molecule has 2 aromatic heterocycles. The molecule has 0 bridgehead atoms. The molecule has 258 valence electrons. The molecule has 2 heteroatoms. The fourth-order valence-electron chi connectivity index (χ4n) is 8.51. The molecule has 1 nitrogen and oxygen atoms in total. The average Bonchev–Trinajstić information content (AvgIpc) is 3.77. The summed E-state index contributed by atoms with van der Waals surface area (Å²) in [5.41, 5.74) is 6.59. The summed E-state index contributed by atoms with van der Waals surface area (Å²) in [5.74, 6) is 0.948. The summed E-state index contributed by atoms with van der Waals surface area (Å²) in [5, 5.41) is 9.95. The fourth-order valence-corrected chi connectivity index (χ4v) is 9.65. The lowest BCUT2D eigenvalue weighted by atomic mass is 9.76. The van der Waals surface area contributed by atoms with E-state index in [2.05, 4.69) is 195 Å². The molecule has 10 rings (SSSR count). The van der Waals surface area contributed by atoms with Gasteiger partial charge in [0, 0.05) is 42.6 Å². The number of rotatable bonds is 5. The first kappa shape index (κ1) is 32.4. The van der Waals surface area contributed by atoms with E-state index in [0.717, 1.165) is 28.6 Å². The summed E-state index contributed by atoms with van der Waals surface area (Å²) in [4.78, 5) is 0. The Morgan fingerprint density at radius 3 is 2.43 bits per heavy atom. The van der Waals surface area contributed by atoms with Gasteiger partial charge in [-0.25, -0.2) is 0 Å². The molecule has 0 spiro atoms. The SMILES string of the molecule is C=C(/C=C\C=C\C1C=c2c(oc3ccc4cc5sc6ccccc6c5cc4c23)=CC1)c1ccccccc(C2=CC=CC3C=CC=CC23)c2ccccc12. The maximum absolute atomic E-state index is 6.42. The summed E-state index contributed by atoms with van der Waals surface area (Å²) >= 11 is 1.87. The number of benzene rings is 4. The summed E-state index contributed by atoms with van der Waals surface area (Å²) in [6, 6.07) is 39.4. The third kappa shape index (κ3) is 5.71. The van der Waals surface area contributed by atoms with Crippen molar-refractivity contribution >= 4 is 87.3 Å². The Hall–Kier alpha value is -6.22. The minimum absolute atomic E-state index is 0.263. The van der Waals surface area contributed by atoms with E-state index in [9.17, 15) is 0 Å². The third-order valence-corrected chi connectivity index (χ3v) is 12.3. The normalized spacial score (nSPS) is 19.0. The van der Waals surface area contributed by atoms with Crippen molar-refractivity contribution in [2.24, 2.45) is 17.8 Å². The molecule has 0 aliphatic heterocycles. The van der Waals surface area contributed by atoms with Crippen LogP contribution in [0.1, 0.15) is 17.5 Å². The standard InChI is InChI=1S/C52H38OS/c1-34(38-19-4-2-3-5-21-43(42-23-11-10-22-40(38)42)41-25-14-18-36-17-8-9-20-39(36)41)15-6-7-16-35-27-29-48-47(31-35)52-45-33-46-44-24-12-13-26-50(44)54-51(46)32-37(45)28-30-49(52)53-48/h2-26,28-33,35-36,39H,1,27H2/b3-2?,4-2?,5-3?,15-6-,16-7+,19-4?,21-5?,38-19?,40-38?,43-21?,43-42?. The Labute approximate surface area is 318 Å². The molecule has 7 aromatic rings. The highest BCUT2D eigenvalue weighted by Crippen LogP contribution is 2.40. The van der Waals surface area contributed by atoms with Gasteiger partial charge in [0.1, 0.15) is 11.0 Å². The van der Waals surface area contributed by atoms with E-state index >= 15 is 0 Å². The molecule has 0 saturated carbocycles. The second kappa shape index (κ2) is 13.6. The topological polar surface area (TPSA) is 13.1 Å². The van der Waals surface area contributed by atoms with Gasteiger partial charge in [0.2, 0.25) is 0 Å². The Balaban J connectivity index is 0.991. The van der Waals surface area contributed by atoms with E-state index in [-0.39, 0.29) is 5.92 Å². The minimum atomic E-state index is 0.263. The second-order valence-corrected chi connectivity index (χ2v) is 15.5. The molecule has 0 N–H and O–H groups in total. The van der Waals surface area contributed by atoms with Gasteiger partial charge in [-0.15, -0.1) is 11.3 Å². The van der Waals surface area contributed by atoms with Crippen molar-refractivity contribution in [2.45, 2.75) is 6.42 Å². The molecule has 3 aliphatic rings. The van der Waals surface area contributed by atoms with E-state index in [0.29, 0.717) is 11.8 Å². The molecule has 3 unspecified atom stereocenters. The predicted molar refractivity (Wildman–Crippen MR) is 234 cm³/mol. The quantitative estimate of drug-likeness (QED) is 0.162. The lowest BCUT2D eigenvalue weighted by molar-refractivity contribution is 0.569. The zero-order valence-electron chi connectivity index (χ0n) is 29.9. The number of thiophene rings is 1. The molecule has 3 aliphatic carbocycles. The maximum atomic E-state index is 6.42.